The van der Waals surface area contributed by atoms with Crippen LogP contribution in [0.2, 0.25) is 0 Å². The van der Waals surface area contributed by atoms with Gasteiger partial charge in [0.1, 0.15) is 11.6 Å². The molecule has 1 aromatic heterocycles. The number of aryl methyl sites for hydroxylation is 1. The highest BCUT2D eigenvalue weighted by Gasteiger charge is 2.27. The van der Waals surface area contributed by atoms with Crippen LogP contribution in [0.1, 0.15) is 32.1 Å². The minimum Gasteiger partial charge on any atom is -0.352 e. The second kappa shape index (κ2) is 7.53. The number of fused-ring (bicyclic) bond motifs is 1. The lowest BCUT2D eigenvalue weighted by Crippen LogP contribution is -2.33. The molecule has 0 saturated heterocycles. The van der Waals surface area contributed by atoms with Crippen LogP contribution < -0.4 is 5.32 Å². The Bertz CT molecular complexity index is 828. The van der Waals surface area contributed by atoms with Gasteiger partial charge in [-0.1, -0.05) is 0 Å². The summed E-state index contributed by atoms with van der Waals surface area (Å²) < 4.78 is 26.4. The van der Waals surface area contributed by atoms with E-state index in [9.17, 15) is 18.4 Å². The molecule has 1 N–H and O–H groups in total. The zero-order chi connectivity index (χ0) is 18.8. The van der Waals surface area contributed by atoms with Gasteiger partial charge in [-0.25, -0.2) is 8.78 Å². The molecule has 0 bridgehead atoms. The molecule has 0 aliphatic heterocycles. The first-order valence-electron chi connectivity index (χ1n) is 8.39. The molecule has 1 atom stereocenters. The van der Waals surface area contributed by atoms with Gasteiger partial charge in [0, 0.05) is 37.5 Å². The molecular weight excluding hydrogens is 358 g/mol. The number of halogens is 2. The van der Waals surface area contributed by atoms with Crippen molar-refractivity contribution in [1.29, 1.82) is 0 Å². The van der Waals surface area contributed by atoms with Crippen molar-refractivity contribution in [3.05, 3.63) is 56.8 Å². The lowest BCUT2D eigenvalue weighted by atomic mass is 9.87. The summed E-state index contributed by atoms with van der Waals surface area (Å²) in [6, 6.07) is 5.10. The number of amides is 2. The summed E-state index contributed by atoms with van der Waals surface area (Å²) in [5.74, 6) is -1.68. The average molecular weight is 378 g/mol. The Morgan fingerprint density at radius 2 is 1.88 bits per heavy atom. The summed E-state index contributed by atoms with van der Waals surface area (Å²) in [6.45, 7) is 0.0882. The molecule has 2 aromatic rings. The molecule has 0 radical (unpaired) electrons. The first kappa shape index (κ1) is 18.5. The molecule has 26 heavy (non-hydrogen) atoms. The number of rotatable bonds is 4. The van der Waals surface area contributed by atoms with Gasteiger partial charge in [-0.05, 0) is 48.6 Å². The van der Waals surface area contributed by atoms with Crippen LogP contribution in [0.3, 0.4) is 0 Å². The number of hydrogen-bond donors (Lipinski definition) is 1. The molecule has 1 aromatic carbocycles. The van der Waals surface area contributed by atoms with Gasteiger partial charge in [0.05, 0.1) is 4.88 Å². The smallest absolute Gasteiger partial charge is 0.263 e. The normalized spacial score (nSPS) is 16.1. The molecule has 7 heteroatoms. The molecule has 0 fully saturated rings. The SMILES string of the molecule is CN(C)C(=O)c1cc2c(s1)CC[C@@H](C(=O)NCc1cc(F)cc(F)c1)C2. The van der Waals surface area contributed by atoms with Crippen molar-refractivity contribution >= 4 is 23.2 Å². The van der Waals surface area contributed by atoms with Crippen molar-refractivity contribution in [3.63, 3.8) is 0 Å². The fourth-order valence-electron chi connectivity index (χ4n) is 3.12. The Morgan fingerprint density at radius 1 is 1.19 bits per heavy atom. The molecule has 4 nitrogen and oxygen atoms in total. The Labute approximate surface area is 154 Å². The Balaban J connectivity index is 1.63. The maximum atomic E-state index is 13.2. The summed E-state index contributed by atoms with van der Waals surface area (Å²) in [4.78, 5) is 27.9. The number of carbonyl (C=O) groups excluding carboxylic acids is 2. The number of benzene rings is 1. The van der Waals surface area contributed by atoms with Gasteiger partial charge in [-0.15, -0.1) is 11.3 Å². The Hall–Kier alpha value is -2.28. The molecule has 1 aliphatic carbocycles. The molecule has 0 saturated carbocycles. The maximum absolute atomic E-state index is 13.2. The second-order valence-electron chi connectivity index (χ2n) is 6.69. The predicted molar refractivity (Wildman–Crippen MR) is 96.1 cm³/mol. The van der Waals surface area contributed by atoms with Crippen LogP contribution in [0.15, 0.2) is 24.3 Å². The van der Waals surface area contributed by atoms with Crippen LogP contribution in [0, 0.1) is 17.6 Å². The van der Waals surface area contributed by atoms with E-state index < -0.39 is 11.6 Å². The highest BCUT2D eigenvalue weighted by molar-refractivity contribution is 7.14. The van der Waals surface area contributed by atoms with E-state index in [-0.39, 0.29) is 24.3 Å². The van der Waals surface area contributed by atoms with Gasteiger partial charge >= 0.3 is 0 Å². The first-order valence-corrected chi connectivity index (χ1v) is 9.21. The minimum atomic E-state index is -0.659. The molecular formula is C19H20F2N2O2S. The molecule has 138 valence electrons. The second-order valence-corrected chi connectivity index (χ2v) is 7.83. The summed E-state index contributed by atoms with van der Waals surface area (Å²) in [5.41, 5.74) is 1.44. The predicted octanol–water partition coefficient (Wildman–Crippen LogP) is 3.15. The zero-order valence-electron chi connectivity index (χ0n) is 14.6. The van der Waals surface area contributed by atoms with Gasteiger partial charge < -0.3 is 10.2 Å². The largest absolute Gasteiger partial charge is 0.352 e. The molecule has 1 heterocycles. The third-order valence-electron chi connectivity index (χ3n) is 4.46. The van der Waals surface area contributed by atoms with Crippen LogP contribution >= 0.6 is 11.3 Å². The fraction of sp³-hybridized carbons (Fsp3) is 0.368. The zero-order valence-corrected chi connectivity index (χ0v) is 15.5. The maximum Gasteiger partial charge on any atom is 0.263 e. The molecule has 0 unspecified atom stereocenters. The highest BCUT2D eigenvalue weighted by atomic mass is 32.1. The van der Waals surface area contributed by atoms with Gasteiger partial charge in [-0.3, -0.25) is 9.59 Å². The topological polar surface area (TPSA) is 49.4 Å². The van der Waals surface area contributed by atoms with Crippen LogP contribution in [-0.2, 0) is 24.2 Å². The minimum absolute atomic E-state index is 0.0291. The third kappa shape index (κ3) is 4.09. The third-order valence-corrected chi connectivity index (χ3v) is 5.68. The monoisotopic (exact) mass is 378 g/mol. The molecule has 2 amide bonds. The molecule has 1 aliphatic rings. The Kier molecular flexibility index (Phi) is 5.36. The lowest BCUT2D eigenvalue weighted by Gasteiger charge is -2.21. The Morgan fingerprint density at radius 3 is 2.54 bits per heavy atom. The van der Waals surface area contributed by atoms with E-state index in [1.165, 1.54) is 23.5 Å². The molecule has 3 rings (SSSR count). The van der Waals surface area contributed by atoms with Gasteiger partial charge in [0.25, 0.3) is 5.91 Å². The number of nitrogens with one attached hydrogen (secondary N) is 1. The van der Waals surface area contributed by atoms with Gasteiger partial charge in [-0.2, -0.15) is 0 Å². The van der Waals surface area contributed by atoms with Crippen molar-refractivity contribution in [3.8, 4) is 0 Å². The number of carbonyl (C=O) groups is 2. The fourth-order valence-corrected chi connectivity index (χ4v) is 4.35. The van der Waals surface area contributed by atoms with Gasteiger partial charge in [0.2, 0.25) is 5.91 Å². The average Bonchev–Trinajstić information content (AvgIpc) is 3.01. The quantitative estimate of drug-likeness (QED) is 0.889. The van der Waals surface area contributed by atoms with Gasteiger partial charge in [0.15, 0.2) is 0 Å². The van der Waals surface area contributed by atoms with Crippen LogP contribution in [-0.4, -0.2) is 30.8 Å². The lowest BCUT2D eigenvalue weighted by molar-refractivity contribution is -0.125. The molecule has 0 spiro atoms. The van der Waals surface area contributed by atoms with E-state index >= 15 is 0 Å². The first-order chi connectivity index (χ1) is 12.3. The van der Waals surface area contributed by atoms with Crippen LogP contribution in [0.5, 0.6) is 0 Å². The number of hydrogen-bond acceptors (Lipinski definition) is 3. The van der Waals surface area contributed by atoms with E-state index in [1.807, 2.05) is 6.07 Å². The highest BCUT2D eigenvalue weighted by Crippen LogP contribution is 2.33. The van der Waals surface area contributed by atoms with Crippen molar-refractivity contribution in [2.24, 2.45) is 5.92 Å². The summed E-state index contributed by atoms with van der Waals surface area (Å²) >= 11 is 1.49. The van der Waals surface area contributed by atoms with Crippen molar-refractivity contribution in [1.82, 2.24) is 10.2 Å². The van der Waals surface area contributed by atoms with Crippen molar-refractivity contribution < 1.29 is 18.4 Å². The van der Waals surface area contributed by atoms with Crippen molar-refractivity contribution in [2.75, 3.05) is 14.1 Å². The van der Waals surface area contributed by atoms with Crippen LogP contribution in [0.25, 0.3) is 0 Å². The summed E-state index contributed by atoms with van der Waals surface area (Å²) in [6.07, 6.45) is 2.04. The number of thiophene rings is 1. The number of nitrogens with zero attached hydrogens (tertiary/aromatic N) is 1. The van der Waals surface area contributed by atoms with E-state index in [0.717, 1.165) is 22.9 Å². The standard InChI is InChI=1S/C19H20F2N2O2S/c1-23(2)19(25)17-8-13-7-12(3-4-16(13)26-17)18(24)22-10-11-5-14(20)9-15(21)6-11/h5-6,8-9,12H,3-4,7,10H2,1-2H3,(H,22,24)/t12-/m1/s1. The van der Waals surface area contributed by atoms with E-state index in [1.54, 1.807) is 19.0 Å². The van der Waals surface area contributed by atoms with E-state index in [0.29, 0.717) is 23.3 Å². The summed E-state index contributed by atoms with van der Waals surface area (Å²) in [5, 5.41) is 2.76. The van der Waals surface area contributed by atoms with Crippen molar-refractivity contribution in [2.45, 2.75) is 25.8 Å². The van der Waals surface area contributed by atoms with Crippen LogP contribution in [0.4, 0.5) is 8.78 Å². The van der Waals surface area contributed by atoms with E-state index in [4.69, 9.17) is 0 Å². The summed E-state index contributed by atoms with van der Waals surface area (Å²) in [7, 11) is 3.43. The van der Waals surface area contributed by atoms with E-state index in [2.05, 4.69) is 5.32 Å².